The van der Waals surface area contributed by atoms with Gasteiger partial charge in [-0.2, -0.15) is 0 Å². The van der Waals surface area contributed by atoms with Gasteiger partial charge in [0.15, 0.2) is 5.58 Å². The first-order chi connectivity index (χ1) is 10.9. The molecule has 23 heavy (non-hydrogen) atoms. The lowest BCUT2D eigenvalue weighted by atomic mass is 10.2. The number of rotatable bonds is 2. The number of carbonyl (C=O) groups is 1. The van der Waals surface area contributed by atoms with Crippen LogP contribution >= 0.6 is 39.1 Å². The second-order valence-corrected chi connectivity index (χ2v) is 6.48. The molecule has 0 unspecified atom stereocenters. The Bertz CT molecular complexity index is 982. The number of halogens is 3. The minimum Gasteiger partial charge on any atom is -0.436 e. The number of hydrogen-bond donors (Lipinski definition) is 1. The van der Waals surface area contributed by atoms with Crippen LogP contribution < -0.4 is 11.3 Å². The lowest BCUT2D eigenvalue weighted by Gasteiger charge is -2.04. The number of nitrogens with zero attached hydrogens (tertiary/aromatic N) is 1. The number of fused-ring (bicyclic) bond motifs is 1. The molecular weight excluding hydrogens is 403 g/mol. The van der Waals surface area contributed by atoms with E-state index in [1.807, 2.05) is 12.1 Å². The van der Waals surface area contributed by atoms with Crippen LogP contribution in [0.3, 0.4) is 0 Å². The summed E-state index contributed by atoms with van der Waals surface area (Å²) >= 11 is 15.5. The first-order valence-electron chi connectivity index (χ1n) is 6.47. The lowest BCUT2D eigenvalue weighted by Crippen LogP contribution is -2.21. The summed E-state index contributed by atoms with van der Waals surface area (Å²) in [6.45, 7) is 0. The molecule has 0 aliphatic carbocycles. The summed E-state index contributed by atoms with van der Waals surface area (Å²) in [7, 11) is 0. The SMILES string of the molecule is NC(=O)c1cc2cc(Cl)cc(Cl)c2oc1=Nc1ccc(Br)cc1. The van der Waals surface area contributed by atoms with Gasteiger partial charge in [0, 0.05) is 14.9 Å². The molecule has 0 aliphatic rings. The summed E-state index contributed by atoms with van der Waals surface area (Å²) in [5, 5.41) is 1.34. The van der Waals surface area contributed by atoms with Gasteiger partial charge >= 0.3 is 0 Å². The highest BCUT2D eigenvalue weighted by Crippen LogP contribution is 2.27. The van der Waals surface area contributed by atoms with Gasteiger partial charge in [-0.05, 0) is 42.5 Å². The van der Waals surface area contributed by atoms with Gasteiger partial charge < -0.3 is 10.2 Å². The summed E-state index contributed by atoms with van der Waals surface area (Å²) in [6, 6.07) is 12.0. The fraction of sp³-hybridized carbons (Fsp3) is 0. The van der Waals surface area contributed by atoms with E-state index in [9.17, 15) is 4.79 Å². The average molecular weight is 412 g/mol. The van der Waals surface area contributed by atoms with Crippen molar-refractivity contribution in [1.82, 2.24) is 0 Å². The Kier molecular flexibility index (Phi) is 4.43. The van der Waals surface area contributed by atoms with Crippen LogP contribution in [0.1, 0.15) is 10.4 Å². The van der Waals surface area contributed by atoms with Crippen LogP contribution in [0, 0.1) is 0 Å². The number of carbonyl (C=O) groups excluding carboxylic acids is 1. The molecule has 116 valence electrons. The zero-order valence-electron chi connectivity index (χ0n) is 11.5. The third-order valence-corrected chi connectivity index (χ3v) is 4.12. The normalized spacial score (nSPS) is 11.9. The van der Waals surface area contributed by atoms with Gasteiger partial charge in [0.25, 0.3) is 5.91 Å². The van der Waals surface area contributed by atoms with Crippen LogP contribution in [0.15, 0.2) is 56.3 Å². The standard InChI is InChI=1S/C16H9BrCl2N2O2/c17-9-1-3-11(4-2-9)21-16-12(15(20)22)6-8-5-10(18)7-13(19)14(8)23-16/h1-7H,(H2,20,22). The monoisotopic (exact) mass is 410 g/mol. The largest absolute Gasteiger partial charge is 0.436 e. The minimum absolute atomic E-state index is 0.0940. The van der Waals surface area contributed by atoms with Crippen molar-refractivity contribution in [2.24, 2.45) is 10.7 Å². The minimum atomic E-state index is -0.650. The second kappa shape index (κ2) is 6.35. The summed E-state index contributed by atoms with van der Waals surface area (Å²) in [5.41, 5.74) is 6.67. The molecule has 3 rings (SSSR count). The number of hydrogen-bond acceptors (Lipinski definition) is 3. The quantitative estimate of drug-likeness (QED) is 0.655. The van der Waals surface area contributed by atoms with Crippen molar-refractivity contribution < 1.29 is 9.21 Å². The van der Waals surface area contributed by atoms with E-state index in [0.29, 0.717) is 26.7 Å². The van der Waals surface area contributed by atoms with Gasteiger partial charge in [0.1, 0.15) is 5.56 Å². The maximum absolute atomic E-state index is 11.7. The third-order valence-electron chi connectivity index (χ3n) is 3.09. The van der Waals surface area contributed by atoms with Crippen LogP contribution in [-0.2, 0) is 0 Å². The van der Waals surface area contributed by atoms with Crippen LogP contribution in [0.5, 0.6) is 0 Å². The number of benzene rings is 2. The Balaban J connectivity index is 2.32. The predicted octanol–water partition coefficient (Wildman–Crippen LogP) is 4.83. The molecular formula is C16H9BrCl2N2O2. The van der Waals surface area contributed by atoms with Gasteiger partial charge in [-0.25, -0.2) is 4.99 Å². The maximum atomic E-state index is 11.7. The zero-order valence-corrected chi connectivity index (χ0v) is 14.6. The highest BCUT2D eigenvalue weighted by Gasteiger charge is 2.12. The van der Waals surface area contributed by atoms with Crippen molar-refractivity contribution in [1.29, 1.82) is 0 Å². The van der Waals surface area contributed by atoms with Crippen LogP contribution in [0.4, 0.5) is 5.69 Å². The Morgan fingerprint density at radius 2 is 1.83 bits per heavy atom. The smallest absolute Gasteiger partial charge is 0.254 e. The molecule has 0 fully saturated rings. The van der Waals surface area contributed by atoms with Gasteiger partial charge in [-0.15, -0.1) is 0 Å². The van der Waals surface area contributed by atoms with E-state index in [2.05, 4.69) is 20.9 Å². The van der Waals surface area contributed by atoms with Gasteiger partial charge in [0.2, 0.25) is 5.55 Å². The van der Waals surface area contributed by atoms with E-state index in [4.69, 9.17) is 33.4 Å². The van der Waals surface area contributed by atoms with Gasteiger partial charge in [0.05, 0.1) is 10.7 Å². The zero-order chi connectivity index (χ0) is 16.6. The average Bonchev–Trinajstić information content (AvgIpc) is 2.49. The Morgan fingerprint density at radius 3 is 2.48 bits per heavy atom. The highest BCUT2D eigenvalue weighted by molar-refractivity contribution is 9.10. The molecule has 2 aromatic carbocycles. The highest BCUT2D eigenvalue weighted by atomic mass is 79.9. The van der Waals surface area contributed by atoms with E-state index < -0.39 is 5.91 Å². The Labute approximate surface area is 149 Å². The van der Waals surface area contributed by atoms with Gasteiger partial charge in [-0.1, -0.05) is 39.1 Å². The molecule has 0 spiro atoms. The van der Waals surface area contributed by atoms with Crippen LogP contribution in [-0.4, -0.2) is 5.91 Å². The van der Waals surface area contributed by atoms with Crippen molar-refractivity contribution in [3.63, 3.8) is 0 Å². The van der Waals surface area contributed by atoms with Crippen LogP contribution in [0.2, 0.25) is 10.0 Å². The number of amides is 1. The second-order valence-electron chi connectivity index (χ2n) is 4.72. The summed E-state index contributed by atoms with van der Waals surface area (Å²) in [6.07, 6.45) is 0. The van der Waals surface area contributed by atoms with E-state index in [1.54, 1.807) is 30.3 Å². The molecule has 1 aromatic heterocycles. The molecule has 1 heterocycles. The van der Waals surface area contributed by atoms with Crippen LogP contribution in [0.25, 0.3) is 11.0 Å². The van der Waals surface area contributed by atoms with Crippen molar-refractivity contribution >= 4 is 61.7 Å². The summed E-state index contributed by atoms with van der Waals surface area (Å²) in [5.74, 6) is -0.650. The van der Waals surface area contributed by atoms with E-state index >= 15 is 0 Å². The Morgan fingerprint density at radius 1 is 1.13 bits per heavy atom. The van der Waals surface area contributed by atoms with Crippen molar-refractivity contribution in [3.05, 3.63) is 68.1 Å². The molecule has 2 N–H and O–H groups in total. The first-order valence-corrected chi connectivity index (χ1v) is 8.02. The van der Waals surface area contributed by atoms with Crippen molar-refractivity contribution in [2.45, 2.75) is 0 Å². The van der Waals surface area contributed by atoms with Gasteiger partial charge in [-0.3, -0.25) is 4.79 Å². The molecule has 0 aliphatic heterocycles. The van der Waals surface area contributed by atoms with Crippen molar-refractivity contribution in [2.75, 3.05) is 0 Å². The van der Waals surface area contributed by atoms with Crippen molar-refractivity contribution in [3.8, 4) is 0 Å². The topological polar surface area (TPSA) is 68.6 Å². The summed E-state index contributed by atoms with van der Waals surface area (Å²) in [4.78, 5) is 16.0. The number of primary amides is 1. The summed E-state index contributed by atoms with van der Waals surface area (Å²) < 4.78 is 6.62. The first kappa shape index (κ1) is 16.1. The van der Waals surface area contributed by atoms with E-state index in [1.165, 1.54) is 0 Å². The molecule has 0 atom stereocenters. The molecule has 1 amide bonds. The third kappa shape index (κ3) is 3.42. The maximum Gasteiger partial charge on any atom is 0.254 e. The number of nitrogens with two attached hydrogens (primary N) is 1. The predicted molar refractivity (Wildman–Crippen MR) is 94.1 cm³/mol. The lowest BCUT2D eigenvalue weighted by molar-refractivity contribution is 0.0996. The fourth-order valence-corrected chi connectivity index (χ4v) is 2.87. The fourth-order valence-electron chi connectivity index (χ4n) is 2.06. The Hall–Kier alpha value is -1.82. The molecule has 0 saturated heterocycles. The molecule has 3 aromatic rings. The molecule has 0 bridgehead atoms. The molecule has 0 radical (unpaired) electrons. The molecule has 4 nitrogen and oxygen atoms in total. The molecule has 0 saturated carbocycles. The van der Waals surface area contributed by atoms with E-state index in [-0.39, 0.29) is 11.1 Å². The van der Waals surface area contributed by atoms with E-state index in [0.717, 1.165) is 4.47 Å². The molecule has 7 heteroatoms.